The Balaban J connectivity index is 4.13. The summed E-state index contributed by atoms with van der Waals surface area (Å²) in [6.07, 6.45) is 0.155. The van der Waals surface area contributed by atoms with Gasteiger partial charge in [0.15, 0.2) is 0 Å². The predicted octanol–water partition coefficient (Wildman–Crippen LogP) is 2.06. The van der Waals surface area contributed by atoms with E-state index < -0.39 is 5.97 Å². The summed E-state index contributed by atoms with van der Waals surface area (Å²) in [4.78, 5) is 10.3. The Morgan fingerprint density at radius 3 is 2.10 bits per heavy atom. The van der Waals surface area contributed by atoms with E-state index in [4.69, 9.17) is 5.11 Å². The fraction of sp³-hybridized carbons (Fsp3) is 0.625. The van der Waals surface area contributed by atoms with Crippen LogP contribution >= 0.6 is 0 Å². The third-order valence-corrected chi connectivity index (χ3v) is 1.75. The lowest BCUT2D eigenvalue weighted by Gasteiger charge is -2.22. The molecule has 10 heavy (non-hydrogen) atoms. The molecule has 0 fully saturated rings. The van der Waals surface area contributed by atoms with Gasteiger partial charge in [0.2, 0.25) is 0 Å². The minimum atomic E-state index is -0.770. The monoisotopic (exact) mass is 142 g/mol. The standard InChI is InChI=1S/C8H14O2/c1-6(2)8(3,4)5-7(9)10/h1,5H2,2-4H3,(H,9,10). The largest absolute Gasteiger partial charge is 0.481 e. The predicted molar refractivity (Wildman–Crippen MR) is 40.8 cm³/mol. The second-order valence-corrected chi connectivity index (χ2v) is 3.23. The molecule has 0 aliphatic heterocycles. The molecule has 0 unspecified atom stereocenters. The first-order valence-electron chi connectivity index (χ1n) is 3.24. The molecule has 0 atom stereocenters. The van der Waals surface area contributed by atoms with Gasteiger partial charge in [-0.3, -0.25) is 4.79 Å². The van der Waals surface area contributed by atoms with Crippen LogP contribution in [0.15, 0.2) is 12.2 Å². The number of hydrogen-bond donors (Lipinski definition) is 1. The average molecular weight is 142 g/mol. The summed E-state index contributed by atoms with van der Waals surface area (Å²) in [6, 6.07) is 0. The molecule has 58 valence electrons. The molecule has 2 heteroatoms. The fourth-order valence-electron chi connectivity index (χ4n) is 0.529. The Labute approximate surface area is 61.6 Å². The summed E-state index contributed by atoms with van der Waals surface area (Å²) in [6.45, 7) is 9.32. The molecular formula is C8H14O2. The Bertz CT molecular complexity index is 157. The van der Waals surface area contributed by atoms with Gasteiger partial charge in [-0.2, -0.15) is 0 Å². The van der Waals surface area contributed by atoms with Crippen LogP contribution in [0.5, 0.6) is 0 Å². The summed E-state index contributed by atoms with van der Waals surface area (Å²) >= 11 is 0. The van der Waals surface area contributed by atoms with E-state index >= 15 is 0 Å². The van der Waals surface area contributed by atoms with Crippen molar-refractivity contribution in [3.05, 3.63) is 12.2 Å². The van der Waals surface area contributed by atoms with Crippen molar-refractivity contribution in [2.75, 3.05) is 0 Å². The number of carboxylic acids is 1. The topological polar surface area (TPSA) is 37.3 Å². The van der Waals surface area contributed by atoms with Crippen LogP contribution in [0, 0.1) is 5.41 Å². The summed E-state index contributed by atoms with van der Waals surface area (Å²) in [5.41, 5.74) is 0.640. The Kier molecular flexibility index (Phi) is 2.64. The van der Waals surface area contributed by atoms with Gasteiger partial charge >= 0.3 is 5.97 Å². The Morgan fingerprint density at radius 1 is 1.60 bits per heavy atom. The lowest BCUT2D eigenvalue weighted by Crippen LogP contribution is -2.17. The second kappa shape index (κ2) is 2.86. The van der Waals surface area contributed by atoms with Crippen LogP contribution in [-0.2, 0) is 4.79 Å². The van der Waals surface area contributed by atoms with Gasteiger partial charge in [-0.25, -0.2) is 0 Å². The van der Waals surface area contributed by atoms with Crippen molar-refractivity contribution in [1.29, 1.82) is 0 Å². The zero-order valence-electron chi connectivity index (χ0n) is 6.77. The summed E-state index contributed by atoms with van der Waals surface area (Å²) in [7, 11) is 0. The van der Waals surface area contributed by atoms with Crippen molar-refractivity contribution in [2.24, 2.45) is 5.41 Å². The molecule has 0 heterocycles. The molecule has 0 bridgehead atoms. The maximum Gasteiger partial charge on any atom is 0.304 e. The van der Waals surface area contributed by atoms with Crippen molar-refractivity contribution in [3.8, 4) is 0 Å². The van der Waals surface area contributed by atoms with Crippen LogP contribution in [0.4, 0.5) is 0 Å². The minimum Gasteiger partial charge on any atom is -0.481 e. The molecule has 0 amide bonds. The van der Waals surface area contributed by atoms with Crippen LogP contribution in [-0.4, -0.2) is 11.1 Å². The van der Waals surface area contributed by atoms with Gasteiger partial charge < -0.3 is 5.11 Å². The molecule has 0 saturated carbocycles. The lowest BCUT2D eigenvalue weighted by atomic mass is 9.83. The number of carboxylic acid groups (broad SMARTS) is 1. The van der Waals surface area contributed by atoms with Crippen molar-refractivity contribution < 1.29 is 9.90 Å². The maximum absolute atomic E-state index is 10.3. The molecule has 0 aliphatic carbocycles. The van der Waals surface area contributed by atoms with Gasteiger partial charge in [0, 0.05) is 0 Å². The van der Waals surface area contributed by atoms with E-state index in [1.165, 1.54) is 0 Å². The molecule has 1 N–H and O–H groups in total. The van der Waals surface area contributed by atoms with Crippen LogP contribution < -0.4 is 0 Å². The van der Waals surface area contributed by atoms with Crippen LogP contribution in [0.3, 0.4) is 0 Å². The minimum absolute atomic E-state index is 0.155. The van der Waals surface area contributed by atoms with E-state index in [1.54, 1.807) is 0 Å². The molecule has 0 aliphatic rings. The van der Waals surface area contributed by atoms with Crippen LogP contribution in [0.2, 0.25) is 0 Å². The molecule has 0 aromatic rings. The smallest absolute Gasteiger partial charge is 0.304 e. The first-order valence-corrected chi connectivity index (χ1v) is 3.24. The number of rotatable bonds is 3. The highest BCUT2D eigenvalue weighted by Gasteiger charge is 2.21. The Hall–Kier alpha value is -0.790. The summed E-state index contributed by atoms with van der Waals surface area (Å²) in [5, 5.41) is 8.46. The average Bonchev–Trinajstić information content (AvgIpc) is 1.60. The molecule has 0 radical (unpaired) electrons. The zero-order chi connectivity index (χ0) is 8.36. The maximum atomic E-state index is 10.3. The molecule has 0 spiro atoms. The van der Waals surface area contributed by atoms with Gasteiger partial charge in [0.25, 0.3) is 0 Å². The van der Waals surface area contributed by atoms with Crippen molar-refractivity contribution in [2.45, 2.75) is 27.2 Å². The number of hydrogen-bond acceptors (Lipinski definition) is 1. The normalized spacial score (nSPS) is 11.1. The second-order valence-electron chi connectivity index (χ2n) is 3.23. The highest BCUT2D eigenvalue weighted by Crippen LogP contribution is 2.27. The van der Waals surface area contributed by atoms with Gasteiger partial charge in [-0.05, 0) is 12.3 Å². The van der Waals surface area contributed by atoms with E-state index in [1.807, 2.05) is 20.8 Å². The molecule has 0 saturated heterocycles. The quantitative estimate of drug-likeness (QED) is 0.612. The van der Waals surface area contributed by atoms with Gasteiger partial charge in [-0.1, -0.05) is 26.0 Å². The molecule has 0 rings (SSSR count). The zero-order valence-corrected chi connectivity index (χ0v) is 6.77. The first kappa shape index (κ1) is 9.21. The summed E-state index contributed by atoms with van der Waals surface area (Å²) in [5.74, 6) is -0.770. The number of allylic oxidation sites excluding steroid dienone is 1. The van der Waals surface area contributed by atoms with E-state index in [2.05, 4.69) is 6.58 Å². The van der Waals surface area contributed by atoms with E-state index in [0.717, 1.165) is 5.57 Å². The van der Waals surface area contributed by atoms with Crippen LogP contribution in [0.1, 0.15) is 27.2 Å². The van der Waals surface area contributed by atoms with Crippen LogP contribution in [0.25, 0.3) is 0 Å². The molecule has 0 aromatic heterocycles. The van der Waals surface area contributed by atoms with Gasteiger partial charge in [-0.15, -0.1) is 0 Å². The molecule has 0 aromatic carbocycles. The van der Waals surface area contributed by atoms with E-state index in [-0.39, 0.29) is 11.8 Å². The van der Waals surface area contributed by atoms with Crippen molar-refractivity contribution in [3.63, 3.8) is 0 Å². The lowest BCUT2D eigenvalue weighted by molar-refractivity contribution is -0.138. The highest BCUT2D eigenvalue weighted by atomic mass is 16.4. The first-order chi connectivity index (χ1) is 4.36. The number of carbonyl (C=O) groups is 1. The Morgan fingerprint density at radius 2 is 2.00 bits per heavy atom. The summed E-state index contributed by atoms with van der Waals surface area (Å²) < 4.78 is 0. The third-order valence-electron chi connectivity index (χ3n) is 1.75. The molecule has 2 nitrogen and oxygen atoms in total. The third kappa shape index (κ3) is 2.67. The van der Waals surface area contributed by atoms with Gasteiger partial charge in [0.1, 0.15) is 0 Å². The van der Waals surface area contributed by atoms with E-state index in [9.17, 15) is 4.79 Å². The SMILES string of the molecule is C=C(C)C(C)(C)CC(=O)O. The van der Waals surface area contributed by atoms with E-state index in [0.29, 0.717) is 0 Å². The number of aliphatic carboxylic acids is 1. The fourth-order valence-corrected chi connectivity index (χ4v) is 0.529. The van der Waals surface area contributed by atoms with Crippen molar-refractivity contribution >= 4 is 5.97 Å². The molecular weight excluding hydrogens is 128 g/mol. The highest BCUT2D eigenvalue weighted by molar-refractivity contribution is 5.68. The van der Waals surface area contributed by atoms with Crippen molar-refractivity contribution in [1.82, 2.24) is 0 Å². The van der Waals surface area contributed by atoms with Gasteiger partial charge in [0.05, 0.1) is 6.42 Å².